The van der Waals surface area contributed by atoms with Crippen molar-refractivity contribution >= 4 is 27.5 Å². The summed E-state index contributed by atoms with van der Waals surface area (Å²) in [6.45, 7) is 2.76. The monoisotopic (exact) mass is 333 g/mol. The van der Waals surface area contributed by atoms with Gasteiger partial charge >= 0.3 is 0 Å². The lowest BCUT2D eigenvalue weighted by molar-refractivity contribution is 0.139. The molecular formula is C13H17BrClNO2. The van der Waals surface area contributed by atoms with Crippen LogP contribution in [0.1, 0.15) is 12.8 Å². The number of aliphatic hydroxyl groups excluding tert-OH is 1. The third kappa shape index (κ3) is 3.60. The zero-order chi connectivity index (χ0) is 13.0. The van der Waals surface area contributed by atoms with Gasteiger partial charge in [0.1, 0.15) is 12.4 Å². The summed E-state index contributed by atoms with van der Waals surface area (Å²) >= 11 is 9.29. The van der Waals surface area contributed by atoms with Gasteiger partial charge < -0.3 is 9.84 Å². The first-order chi connectivity index (χ1) is 8.70. The van der Waals surface area contributed by atoms with E-state index >= 15 is 0 Å². The van der Waals surface area contributed by atoms with Gasteiger partial charge in [-0.1, -0.05) is 11.6 Å². The molecule has 1 aromatic carbocycles. The van der Waals surface area contributed by atoms with E-state index in [-0.39, 0.29) is 6.61 Å². The highest BCUT2D eigenvalue weighted by Gasteiger charge is 2.23. The quantitative estimate of drug-likeness (QED) is 0.898. The van der Waals surface area contributed by atoms with Crippen LogP contribution in [-0.4, -0.2) is 42.4 Å². The van der Waals surface area contributed by atoms with Gasteiger partial charge in [0.2, 0.25) is 0 Å². The second kappa shape index (κ2) is 6.75. The van der Waals surface area contributed by atoms with Crippen LogP contribution in [0.2, 0.25) is 5.02 Å². The highest BCUT2D eigenvalue weighted by molar-refractivity contribution is 9.10. The summed E-state index contributed by atoms with van der Waals surface area (Å²) in [5, 5.41) is 9.91. The Morgan fingerprint density at radius 3 is 3.06 bits per heavy atom. The van der Waals surface area contributed by atoms with E-state index < -0.39 is 0 Å². The molecule has 5 heteroatoms. The average Bonchev–Trinajstić information content (AvgIpc) is 2.79. The molecule has 1 aliphatic rings. The summed E-state index contributed by atoms with van der Waals surface area (Å²) in [6.07, 6.45) is 2.25. The lowest BCUT2D eigenvalue weighted by Crippen LogP contribution is -2.35. The molecule has 1 heterocycles. The Hall–Kier alpha value is -0.290. The molecule has 3 nitrogen and oxygen atoms in total. The van der Waals surface area contributed by atoms with Gasteiger partial charge in [-0.3, -0.25) is 4.90 Å². The number of rotatable bonds is 5. The molecule has 1 aliphatic heterocycles. The average molecular weight is 335 g/mol. The number of likely N-dealkylation sites (tertiary alicyclic amines) is 1. The van der Waals surface area contributed by atoms with E-state index in [1.54, 1.807) is 0 Å². The number of hydrogen-bond donors (Lipinski definition) is 1. The van der Waals surface area contributed by atoms with Crippen LogP contribution in [0.4, 0.5) is 0 Å². The maximum Gasteiger partial charge on any atom is 0.133 e. The molecule has 1 aromatic rings. The molecule has 2 rings (SSSR count). The molecule has 0 amide bonds. The molecule has 1 fully saturated rings. The van der Waals surface area contributed by atoms with Crippen molar-refractivity contribution in [3.63, 3.8) is 0 Å². The minimum Gasteiger partial charge on any atom is -0.491 e. The van der Waals surface area contributed by atoms with Crippen LogP contribution in [0.3, 0.4) is 0 Å². The molecule has 1 saturated heterocycles. The van der Waals surface area contributed by atoms with Gasteiger partial charge in [0.25, 0.3) is 0 Å². The standard InChI is InChI=1S/C13H17BrClNO2/c14-12-8-10(15)3-4-13(12)18-7-6-16-5-1-2-11(16)9-17/h3-4,8,11,17H,1-2,5-7,9H2/t11-/m0/s1. The highest BCUT2D eigenvalue weighted by atomic mass is 79.9. The van der Waals surface area contributed by atoms with Gasteiger partial charge in [-0.15, -0.1) is 0 Å². The van der Waals surface area contributed by atoms with Gasteiger partial charge in [0.05, 0.1) is 11.1 Å². The van der Waals surface area contributed by atoms with Crippen LogP contribution in [-0.2, 0) is 0 Å². The molecule has 18 heavy (non-hydrogen) atoms. The molecule has 0 aliphatic carbocycles. The number of benzene rings is 1. The van der Waals surface area contributed by atoms with Crippen molar-refractivity contribution in [1.82, 2.24) is 4.90 Å². The number of aliphatic hydroxyl groups is 1. The highest BCUT2D eigenvalue weighted by Crippen LogP contribution is 2.28. The molecular weight excluding hydrogens is 318 g/mol. The van der Waals surface area contributed by atoms with E-state index in [1.165, 1.54) is 0 Å². The molecule has 0 spiro atoms. The van der Waals surface area contributed by atoms with Gasteiger partial charge in [-0.25, -0.2) is 0 Å². The zero-order valence-electron chi connectivity index (χ0n) is 10.1. The van der Waals surface area contributed by atoms with Crippen molar-refractivity contribution < 1.29 is 9.84 Å². The lowest BCUT2D eigenvalue weighted by atomic mass is 10.2. The maximum absolute atomic E-state index is 9.22. The number of nitrogens with zero attached hydrogens (tertiary/aromatic N) is 1. The maximum atomic E-state index is 9.22. The summed E-state index contributed by atoms with van der Waals surface area (Å²) in [5.74, 6) is 0.805. The van der Waals surface area contributed by atoms with Gasteiger partial charge in [-0.05, 0) is 53.5 Å². The Labute approximate surface area is 121 Å². The minimum absolute atomic E-state index is 0.241. The molecule has 1 atom stereocenters. The molecule has 1 N–H and O–H groups in total. The van der Waals surface area contributed by atoms with E-state index in [1.807, 2.05) is 18.2 Å². The number of ether oxygens (including phenoxy) is 1. The third-order valence-electron chi connectivity index (χ3n) is 3.24. The zero-order valence-corrected chi connectivity index (χ0v) is 12.5. The molecule has 0 bridgehead atoms. The second-order valence-corrected chi connectivity index (χ2v) is 5.73. The van der Waals surface area contributed by atoms with Crippen molar-refractivity contribution in [2.24, 2.45) is 0 Å². The predicted molar refractivity (Wildman–Crippen MR) is 76.3 cm³/mol. The lowest BCUT2D eigenvalue weighted by Gasteiger charge is -2.22. The van der Waals surface area contributed by atoms with Crippen molar-refractivity contribution in [2.45, 2.75) is 18.9 Å². The van der Waals surface area contributed by atoms with E-state index in [4.69, 9.17) is 16.3 Å². The number of halogens is 2. The van der Waals surface area contributed by atoms with Gasteiger partial charge in [0, 0.05) is 17.6 Å². The largest absolute Gasteiger partial charge is 0.491 e. The van der Waals surface area contributed by atoms with E-state index in [0.29, 0.717) is 17.7 Å². The SMILES string of the molecule is OC[C@@H]1CCCN1CCOc1ccc(Cl)cc1Br. The fraction of sp³-hybridized carbons (Fsp3) is 0.538. The van der Waals surface area contributed by atoms with E-state index in [0.717, 1.165) is 36.2 Å². The van der Waals surface area contributed by atoms with E-state index in [9.17, 15) is 5.11 Å². The molecule has 0 aromatic heterocycles. The fourth-order valence-electron chi connectivity index (χ4n) is 2.26. The van der Waals surface area contributed by atoms with E-state index in [2.05, 4.69) is 20.8 Å². The Bertz CT molecular complexity index is 403. The van der Waals surface area contributed by atoms with Crippen LogP contribution < -0.4 is 4.74 Å². The minimum atomic E-state index is 0.241. The van der Waals surface area contributed by atoms with Crippen LogP contribution in [0, 0.1) is 0 Å². The van der Waals surface area contributed by atoms with Crippen LogP contribution >= 0.6 is 27.5 Å². The summed E-state index contributed by atoms with van der Waals surface area (Å²) in [5.41, 5.74) is 0. The van der Waals surface area contributed by atoms with Crippen LogP contribution in [0.15, 0.2) is 22.7 Å². The van der Waals surface area contributed by atoms with Crippen LogP contribution in [0.25, 0.3) is 0 Å². The van der Waals surface area contributed by atoms with Crippen molar-refractivity contribution in [3.05, 3.63) is 27.7 Å². The summed E-state index contributed by atoms with van der Waals surface area (Å²) < 4.78 is 6.59. The van der Waals surface area contributed by atoms with Crippen molar-refractivity contribution in [1.29, 1.82) is 0 Å². The first-order valence-electron chi connectivity index (χ1n) is 6.13. The molecule has 0 unspecified atom stereocenters. The first kappa shape index (κ1) is 14.1. The van der Waals surface area contributed by atoms with Gasteiger partial charge in [0.15, 0.2) is 0 Å². The Balaban J connectivity index is 1.81. The Morgan fingerprint density at radius 1 is 1.50 bits per heavy atom. The molecule has 100 valence electrons. The third-order valence-corrected chi connectivity index (χ3v) is 4.09. The second-order valence-electron chi connectivity index (χ2n) is 4.44. The van der Waals surface area contributed by atoms with Crippen molar-refractivity contribution in [3.8, 4) is 5.75 Å². The first-order valence-corrected chi connectivity index (χ1v) is 7.30. The van der Waals surface area contributed by atoms with Crippen LogP contribution in [0.5, 0.6) is 5.75 Å². The van der Waals surface area contributed by atoms with Gasteiger partial charge in [-0.2, -0.15) is 0 Å². The molecule has 0 saturated carbocycles. The summed E-state index contributed by atoms with van der Waals surface area (Å²) in [4.78, 5) is 2.28. The normalized spacial score (nSPS) is 20.3. The fourth-order valence-corrected chi connectivity index (χ4v) is 3.06. The summed E-state index contributed by atoms with van der Waals surface area (Å²) in [6, 6.07) is 5.80. The Morgan fingerprint density at radius 2 is 2.33 bits per heavy atom. The topological polar surface area (TPSA) is 32.7 Å². The predicted octanol–water partition coefficient (Wildman–Crippen LogP) is 2.94. The van der Waals surface area contributed by atoms with Crippen molar-refractivity contribution in [2.75, 3.05) is 26.3 Å². The Kier molecular flexibility index (Phi) is 5.30. The smallest absolute Gasteiger partial charge is 0.133 e. The summed E-state index contributed by atoms with van der Waals surface area (Å²) in [7, 11) is 0. The molecule has 0 radical (unpaired) electrons. The number of hydrogen-bond acceptors (Lipinski definition) is 3.